The van der Waals surface area contributed by atoms with Gasteiger partial charge in [-0.1, -0.05) is 18.2 Å². The first-order valence-electron chi connectivity index (χ1n) is 9.22. The van der Waals surface area contributed by atoms with E-state index in [2.05, 4.69) is 10.3 Å². The maximum atomic E-state index is 12.7. The maximum absolute atomic E-state index is 12.7. The number of furan rings is 1. The summed E-state index contributed by atoms with van der Waals surface area (Å²) in [5, 5.41) is 4.88. The fourth-order valence-electron chi connectivity index (χ4n) is 2.94. The minimum atomic E-state index is -3.61. The van der Waals surface area contributed by atoms with Gasteiger partial charge in [-0.15, -0.1) is 11.3 Å². The Labute approximate surface area is 183 Å². The number of amides is 1. The summed E-state index contributed by atoms with van der Waals surface area (Å²) in [6, 6.07) is 17.0. The van der Waals surface area contributed by atoms with E-state index in [1.54, 1.807) is 25.3 Å². The molecule has 0 unspecified atom stereocenters. The van der Waals surface area contributed by atoms with Gasteiger partial charge in [-0.3, -0.25) is 10.1 Å². The molecule has 2 aromatic carbocycles. The fraction of sp³-hybridized carbons (Fsp3) is 0.0909. The number of anilines is 1. The lowest BCUT2D eigenvalue weighted by Crippen LogP contribution is -2.14. The topological polar surface area (TPSA) is 98.5 Å². The molecule has 0 atom stereocenters. The summed E-state index contributed by atoms with van der Waals surface area (Å²) in [4.78, 5) is 17.3. The van der Waals surface area contributed by atoms with Gasteiger partial charge in [0.2, 0.25) is 0 Å². The van der Waals surface area contributed by atoms with Gasteiger partial charge in [0, 0.05) is 16.5 Å². The van der Waals surface area contributed by atoms with Crippen molar-refractivity contribution >= 4 is 32.2 Å². The van der Waals surface area contributed by atoms with Gasteiger partial charge in [0.1, 0.15) is 5.75 Å². The standard InChI is InChI=1S/C22H18N2O5S2/c1-28-17-9-7-15(8-10-17)19-13-30-22(23-19)24-21(25)20-16(11-12-29-20)14-31(26,27)18-5-3-2-4-6-18/h2-13H,14H2,1H3,(H,23,24,25). The maximum Gasteiger partial charge on any atom is 0.293 e. The number of aromatic nitrogens is 1. The summed E-state index contributed by atoms with van der Waals surface area (Å²) in [6.45, 7) is 0. The van der Waals surface area contributed by atoms with Crippen LogP contribution in [0.4, 0.5) is 5.13 Å². The van der Waals surface area contributed by atoms with Crippen molar-refractivity contribution in [1.82, 2.24) is 4.98 Å². The Bertz CT molecular complexity index is 1290. The number of rotatable bonds is 7. The lowest BCUT2D eigenvalue weighted by Gasteiger charge is -2.05. The van der Waals surface area contributed by atoms with Gasteiger partial charge in [0.25, 0.3) is 5.91 Å². The minimum absolute atomic E-state index is 0.0549. The Morgan fingerprint density at radius 1 is 1.10 bits per heavy atom. The number of nitrogens with one attached hydrogen (secondary N) is 1. The molecule has 0 spiro atoms. The second kappa shape index (κ2) is 8.75. The van der Waals surface area contributed by atoms with Crippen LogP contribution in [-0.2, 0) is 15.6 Å². The van der Waals surface area contributed by atoms with Crippen molar-refractivity contribution in [1.29, 1.82) is 0 Å². The Hall–Kier alpha value is -3.43. The normalized spacial score (nSPS) is 11.3. The quantitative estimate of drug-likeness (QED) is 0.437. The van der Waals surface area contributed by atoms with Gasteiger partial charge in [-0.2, -0.15) is 0 Å². The predicted octanol–water partition coefficient (Wildman–Crippen LogP) is 4.64. The summed E-state index contributed by atoms with van der Waals surface area (Å²) in [5.41, 5.74) is 1.87. The second-order valence-corrected chi connectivity index (χ2v) is 9.42. The van der Waals surface area contributed by atoms with Crippen molar-refractivity contribution < 1.29 is 22.4 Å². The molecule has 2 heterocycles. The highest BCUT2D eigenvalue weighted by Crippen LogP contribution is 2.27. The number of methoxy groups -OCH3 is 1. The third kappa shape index (κ3) is 4.68. The molecule has 4 rings (SSSR count). The van der Waals surface area contributed by atoms with E-state index in [0.717, 1.165) is 11.3 Å². The minimum Gasteiger partial charge on any atom is -0.497 e. The SMILES string of the molecule is COc1ccc(-c2csc(NC(=O)c3occc3CS(=O)(=O)c3ccccc3)n2)cc1. The van der Waals surface area contributed by atoms with Gasteiger partial charge in [0.15, 0.2) is 20.7 Å². The molecule has 1 amide bonds. The molecule has 9 heteroatoms. The molecule has 7 nitrogen and oxygen atoms in total. The average molecular weight is 455 g/mol. The number of carbonyl (C=O) groups excluding carboxylic acids is 1. The Balaban J connectivity index is 1.49. The Morgan fingerprint density at radius 2 is 1.84 bits per heavy atom. The molecule has 0 aliphatic carbocycles. The number of benzene rings is 2. The lowest BCUT2D eigenvalue weighted by atomic mass is 10.2. The Kier molecular flexibility index (Phi) is 5.88. The molecule has 0 radical (unpaired) electrons. The zero-order chi connectivity index (χ0) is 21.8. The predicted molar refractivity (Wildman–Crippen MR) is 118 cm³/mol. The first-order chi connectivity index (χ1) is 15.0. The van der Waals surface area contributed by atoms with E-state index in [1.165, 1.54) is 35.8 Å². The van der Waals surface area contributed by atoms with Crippen molar-refractivity contribution in [3.05, 3.63) is 83.6 Å². The molecule has 1 N–H and O–H groups in total. The lowest BCUT2D eigenvalue weighted by molar-refractivity contribution is 0.0995. The molecule has 0 saturated heterocycles. The number of ether oxygens (including phenoxy) is 1. The number of hydrogen-bond donors (Lipinski definition) is 1. The van der Waals surface area contributed by atoms with Gasteiger partial charge < -0.3 is 9.15 Å². The molecule has 158 valence electrons. The van der Waals surface area contributed by atoms with Crippen LogP contribution in [0.1, 0.15) is 16.1 Å². The average Bonchev–Trinajstić information content (AvgIpc) is 3.44. The van der Waals surface area contributed by atoms with Gasteiger partial charge in [0.05, 0.1) is 29.7 Å². The molecular formula is C22H18N2O5S2. The third-order valence-corrected chi connectivity index (χ3v) is 6.95. The largest absolute Gasteiger partial charge is 0.497 e. The molecule has 0 fully saturated rings. The van der Waals surface area contributed by atoms with E-state index < -0.39 is 15.7 Å². The van der Waals surface area contributed by atoms with E-state index in [-0.39, 0.29) is 22.0 Å². The van der Waals surface area contributed by atoms with Crippen LogP contribution in [0, 0.1) is 0 Å². The monoisotopic (exact) mass is 454 g/mol. The van der Waals surface area contributed by atoms with E-state index in [9.17, 15) is 13.2 Å². The smallest absolute Gasteiger partial charge is 0.293 e. The molecule has 0 bridgehead atoms. The van der Waals surface area contributed by atoms with Crippen LogP contribution in [0.25, 0.3) is 11.3 Å². The number of hydrogen-bond acceptors (Lipinski definition) is 7. The van der Waals surface area contributed by atoms with Crippen molar-refractivity contribution in [3.8, 4) is 17.0 Å². The van der Waals surface area contributed by atoms with Crippen LogP contribution in [-0.4, -0.2) is 26.4 Å². The highest BCUT2D eigenvalue weighted by molar-refractivity contribution is 7.90. The van der Waals surface area contributed by atoms with Crippen LogP contribution in [0.3, 0.4) is 0 Å². The fourth-order valence-corrected chi connectivity index (χ4v) is 5.03. The van der Waals surface area contributed by atoms with Crippen molar-refractivity contribution in [2.24, 2.45) is 0 Å². The zero-order valence-electron chi connectivity index (χ0n) is 16.4. The van der Waals surface area contributed by atoms with E-state index in [0.29, 0.717) is 10.8 Å². The third-order valence-electron chi connectivity index (χ3n) is 4.51. The number of thiazole rings is 1. The highest BCUT2D eigenvalue weighted by Gasteiger charge is 2.23. The van der Waals surface area contributed by atoms with Crippen LogP contribution in [0.15, 0.2) is 81.6 Å². The summed E-state index contributed by atoms with van der Waals surface area (Å²) in [7, 11) is -2.02. The van der Waals surface area contributed by atoms with Gasteiger partial charge in [-0.25, -0.2) is 13.4 Å². The molecule has 0 aliphatic heterocycles. The van der Waals surface area contributed by atoms with Crippen molar-refractivity contribution in [2.45, 2.75) is 10.6 Å². The molecular weight excluding hydrogens is 436 g/mol. The molecule has 31 heavy (non-hydrogen) atoms. The van der Waals surface area contributed by atoms with Gasteiger partial charge >= 0.3 is 0 Å². The first-order valence-corrected chi connectivity index (χ1v) is 11.7. The number of carbonyl (C=O) groups is 1. The summed E-state index contributed by atoms with van der Waals surface area (Å²) < 4.78 is 35.7. The molecule has 4 aromatic rings. The summed E-state index contributed by atoms with van der Waals surface area (Å²) in [6.07, 6.45) is 1.30. The number of nitrogens with zero attached hydrogens (tertiary/aromatic N) is 1. The van der Waals surface area contributed by atoms with E-state index in [1.807, 2.05) is 29.6 Å². The van der Waals surface area contributed by atoms with E-state index >= 15 is 0 Å². The van der Waals surface area contributed by atoms with Crippen LogP contribution in [0.2, 0.25) is 0 Å². The van der Waals surface area contributed by atoms with Crippen LogP contribution < -0.4 is 10.1 Å². The summed E-state index contributed by atoms with van der Waals surface area (Å²) in [5.74, 6) is -0.214. The Morgan fingerprint density at radius 3 is 2.55 bits per heavy atom. The highest BCUT2D eigenvalue weighted by atomic mass is 32.2. The molecule has 0 saturated carbocycles. The molecule has 2 aromatic heterocycles. The van der Waals surface area contributed by atoms with Crippen LogP contribution >= 0.6 is 11.3 Å². The van der Waals surface area contributed by atoms with Crippen molar-refractivity contribution in [2.75, 3.05) is 12.4 Å². The number of sulfone groups is 1. The van der Waals surface area contributed by atoms with Crippen LogP contribution in [0.5, 0.6) is 5.75 Å². The second-order valence-electron chi connectivity index (χ2n) is 6.57. The molecule has 0 aliphatic rings. The van der Waals surface area contributed by atoms with Gasteiger partial charge in [-0.05, 0) is 42.5 Å². The van der Waals surface area contributed by atoms with Crippen molar-refractivity contribution in [3.63, 3.8) is 0 Å². The zero-order valence-corrected chi connectivity index (χ0v) is 18.1. The first kappa shape index (κ1) is 20.8. The summed E-state index contributed by atoms with van der Waals surface area (Å²) >= 11 is 1.26. The van der Waals surface area contributed by atoms with E-state index in [4.69, 9.17) is 9.15 Å².